The number of nitrogens with zero attached hydrogens (tertiary/aromatic N) is 1. The van der Waals surface area contributed by atoms with Crippen LogP contribution in [0.25, 0.3) is 0 Å². The molecule has 1 amide bonds. The molecular formula is C11H17ClFNO3. The van der Waals surface area contributed by atoms with Gasteiger partial charge in [0.05, 0.1) is 0 Å². The molecule has 98 valence electrons. The van der Waals surface area contributed by atoms with Crippen LogP contribution >= 0.6 is 11.6 Å². The molecular weight excluding hydrogens is 249 g/mol. The third kappa shape index (κ3) is 4.15. The zero-order valence-corrected chi connectivity index (χ0v) is 11.0. The second-order valence-corrected chi connectivity index (χ2v) is 5.55. The fourth-order valence-corrected chi connectivity index (χ4v) is 1.88. The number of hydrogen-bond donors (Lipinski definition) is 0. The molecule has 0 N–H and O–H groups in total. The molecule has 0 saturated carbocycles. The van der Waals surface area contributed by atoms with Crippen molar-refractivity contribution in [1.29, 1.82) is 0 Å². The molecule has 0 aromatic carbocycles. The first kappa shape index (κ1) is 14.2. The second-order valence-electron chi connectivity index (χ2n) is 5.18. The number of amides is 1. The van der Waals surface area contributed by atoms with Crippen molar-refractivity contribution >= 4 is 22.9 Å². The van der Waals surface area contributed by atoms with Crippen molar-refractivity contribution in [1.82, 2.24) is 4.90 Å². The van der Waals surface area contributed by atoms with Gasteiger partial charge in [0, 0.05) is 19.0 Å². The Morgan fingerprint density at radius 1 is 1.47 bits per heavy atom. The van der Waals surface area contributed by atoms with Crippen LogP contribution in [-0.4, -0.2) is 41.1 Å². The number of carbonyl (C=O) groups excluding carboxylic acids is 2. The van der Waals surface area contributed by atoms with E-state index >= 15 is 0 Å². The van der Waals surface area contributed by atoms with E-state index in [9.17, 15) is 14.0 Å². The van der Waals surface area contributed by atoms with Gasteiger partial charge in [0.25, 0.3) is 5.24 Å². The fraction of sp³-hybridized carbons (Fsp3) is 0.818. The van der Waals surface area contributed by atoms with Crippen LogP contribution in [0.1, 0.15) is 27.2 Å². The van der Waals surface area contributed by atoms with Crippen molar-refractivity contribution in [2.45, 2.75) is 39.0 Å². The average Bonchev–Trinajstić information content (AvgIpc) is 2.62. The van der Waals surface area contributed by atoms with Gasteiger partial charge in [-0.2, -0.15) is 0 Å². The molecule has 1 rings (SSSR count). The van der Waals surface area contributed by atoms with Crippen LogP contribution in [0.15, 0.2) is 0 Å². The highest BCUT2D eigenvalue weighted by molar-refractivity contribution is 6.64. The number of alkyl halides is 1. The summed E-state index contributed by atoms with van der Waals surface area (Å²) >= 11 is 5.09. The maximum absolute atomic E-state index is 13.3. The Labute approximate surface area is 105 Å². The van der Waals surface area contributed by atoms with Gasteiger partial charge < -0.3 is 9.64 Å². The monoisotopic (exact) mass is 265 g/mol. The van der Waals surface area contributed by atoms with Crippen LogP contribution in [0.5, 0.6) is 0 Å². The molecule has 1 aliphatic rings. The Balaban J connectivity index is 2.50. The molecule has 0 bridgehead atoms. The average molecular weight is 266 g/mol. The van der Waals surface area contributed by atoms with E-state index < -0.39 is 29.0 Å². The Bertz CT molecular complexity index is 316. The lowest BCUT2D eigenvalue weighted by Crippen LogP contribution is -2.36. The number of carbonyl (C=O) groups is 2. The smallest absolute Gasteiger partial charge is 0.410 e. The van der Waals surface area contributed by atoms with Gasteiger partial charge in [-0.25, -0.2) is 9.18 Å². The zero-order valence-electron chi connectivity index (χ0n) is 10.2. The summed E-state index contributed by atoms with van der Waals surface area (Å²) in [5, 5.41) is -0.999. The predicted octanol–water partition coefficient (Wildman–Crippen LogP) is 2.35. The Morgan fingerprint density at radius 2 is 2.06 bits per heavy atom. The van der Waals surface area contributed by atoms with Crippen molar-refractivity contribution in [2.75, 3.05) is 13.1 Å². The molecule has 0 aromatic rings. The van der Waals surface area contributed by atoms with E-state index in [0.29, 0.717) is 13.0 Å². The van der Waals surface area contributed by atoms with Gasteiger partial charge in [-0.05, 0) is 38.8 Å². The van der Waals surface area contributed by atoms with Crippen molar-refractivity contribution in [3.05, 3.63) is 0 Å². The fourth-order valence-electron chi connectivity index (χ4n) is 1.70. The van der Waals surface area contributed by atoms with Crippen LogP contribution in [0, 0.1) is 5.92 Å². The Morgan fingerprint density at radius 3 is 2.53 bits per heavy atom. The lowest BCUT2D eigenvalue weighted by atomic mass is 10.0. The lowest BCUT2D eigenvalue weighted by Gasteiger charge is -2.24. The van der Waals surface area contributed by atoms with E-state index in [4.69, 9.17) is 16.3 Å². The molecule has 2 atom stereocenters. The Kier molecular flexibility index (Phi) is 4.36. The lowest BCUT2D eigenvalue weighted by molar-refractivity contribution is -0.117. The highest BCUT2D eigenvalue weighted by atomic mass is 35.5. The van der Waals surface area contributed by atoms with E-state index in [0.717, 1.165) is 0 Å². The van der Waals surface area contributed by atoms with Crippen molar-refractivity contribution in [3.63, 3.8) is 0 Å². The van der Waals surface area contributed by atoms with Crippen LogP contribution in [0.4, 0.5) is 9.18 Å². The standard InChI is InChI=1S/C11H17ClFNO3/c1-11(2,3)17-10(16)14-5-4-7(6-14)8(13)9(12)15/h7-8H,4-6H2,1-3H3. The van der Waals surface area contributed by atoms with Gasteiger partial charge in [-0.3, -0.25) is 4.79 Å². The van der Waals surface area contributed by atoms with Gasteiger partial charge in [-0.1, -0.05) is 0 Å². The molecule has 1 saturated heterocycles. The van der Waals surface area contributed by atoms with Crippen LogP contribution in [0.2, 0.25) is 0 Å². The number of ether oxygens (including phenoxy) is 1. The summed E-state index contributed by atoms with van der Waals surface area (Å²) in [4.78, 5) is 23.8. The molecule has 0 aromatic heterocycles. The Hall–Kier alpha value is -0.840. The van der Waals surface area contributed by atoms with Crippen molar-refractivity contribution in [2.24, 2.45) is 5.92 Å². The third-order valence-electron chi connectivity index (χ3n) is 2.51. The quantitative estimate of drug-likeness (QED) is 0.720. The van der Waals surface area contributed by atoms with E-state index in [2.05, 4.69) is 0 Å². The van der Waals surface area contributed by atoms with Crippen molar-refractivity contribution < 1.29 is 18.7 Å². The third-order valence-corrected chi connectivity index (χ3v) is 2.72. The predicted molar refractivity (Wildman–Crippen MR) is 61.7 cm³/mol. The SMILES string of the molecule is CC(C)(C)OC(=O)N1CCC(C(F)C(=O)Cl)C1. The summed E-state index contributed by atoms with van der Waals surface area (Å²) in [6.07, 6.45) is -1.75. The van der Waals surface area contributed by atoms with E-state index in [1.165, 1.54) is 4.90 Å². The van der Waals surface area contributed by atoms with Gasteiger partial charge in [0.2, 0.25) is 0 Å². The van der Waals surface area contributed by atoms with E-state index in [1.807, 2.05) is 0 Å². The number of halogens is 2. The number of hydrogen-bond acceptors (Lipinski definition) is 3. The molecule has 1 aliphatic heterocycles. The molecule has 1 fully saturated rings. The molecule has 0 aliphatic carbocycles. The zero-order chi connectivity index (χ0) is 13.2. The number of likely N-dealkylation sites (tertiary alicyclic amines) is 1. The first-order chi connectivity index (χ1) is 7.70. The first-order valence-electron chi connectivity index (χ1n) is 5.52. The second kappa shape index (κ2) is 5.21. The van der Waals surface area contributed by atoms with Gasteiger partial charge in [0.15, 0.2) is 6.17 Å². The van der Waals surface area contributed by atoms with Crippen LogP contribution < -0.4 is 0 Å². The summed E-state index contributed by atoms with van der Waals surface area (Å²) in [6.45, 7) is 5.86. The minimum absolute atomic E-state index is 0.175. The maximum atomic E-state index is 13.3. The molecule has 4 nitrogen and oxygen atoms in total. The van der Waals surface area contributed by atoms with Gasteiger partial charge >= 0.3 is 6.09 Å². The largest absolute Gasteiger partial charge is 0.444 e. The maximum Gasteiger partial charge on any atom is 0.410 e. The normalized spacial score (nSPS) is 22.4. The van der Waals surface area contributed by atoms with Gasteiger partial charge in [-0.15, -0.1) is 0 Å². The molecule has 6 heteroatoms. The molecule has 2 unspecified atom stereocenters. The van der Waals surface area contributed by atoms with Crippen LogP contribution in [-0.2, 0) is 9.53 Å². The van der Waals surface area contributed by atoms with E-state index in [-0.39, 0.29) is 6.54 Å². The van der Waals surface area contributed by atoms with E-state index in [1.54, 1.807) is 20.8 Å². The molecule has 1 heterocycles. The highest BCUT2D eigenvalue weighted by Crippen LogP contribution is 2.24. The van der Waals surface area contributed by atoms with Crippen LogP contribution in [0.3, 0.4) is 0 Å². The summed E-state index contributed by atoms with van der Waals surface area (Å²) in [6, 6.07) is 0. The highest BCUT2D eigenvalue weighted by Gasteiger charge is 2.36. The topological polar surface area (TPSA) is 46.6 Å². The molecule has 0 radical (unpaired) electrons. The minimum atomic E-state index is -1.70. The summed E-state index contributed by atoms with van der Waals surface area (Å²) in [5.74, 6) is -0.521. The minimum Gasteiger partial charge on any atom is -0.444 e. The van der Waals surface area contributed by atoms with Gasteiger partial charge in [0.1, 0.15) is 5.60 Å². The first-order valence-corrected chi connectivity index (χ1v) is 5.90. The molecule has 0 spiro atoms. The summed E-state index contributed by atoms with van der Waals surface area (Å²) in [7, 11) is 0. The molecule has 17 heavy (non-hydrogen) atoms. The summed E-state index contributed by atoms with van der Waals surface area (Å²) in [5.41, 5.74) is -0.577. The number of rotatable bonds is 2. The van der Waals surface area contributed by atoms with Crippen molar-refractivity contribution in [3.8, 4) is 0 Å². The summed E-state index contributed by atoms with van der Waals surface area (Å²) < 4.78 is 18.5.